The number of hydrogen-bond acceptors (Lipinski definition) is 4. The maximum atomic E-state index is 11.9. The molecule has 1 N–H and O–H groups in total. The highest BCUT2D eigenvalue weighted by Gasteiger charge is 2.47. The van der Waals surface area contributed by atoms with Gasteiger partial charge in [0.25, 0.3) is 0 Å². The minimum Gasteiger partial charge on any atom is -0.550 e. The lowest BCUT2D eigenvalue weighted by Gasteiger charge is -2.47. The molecule has 0 saturated carbocycles. The average Bonchev–Trinajstić information content (AvgIpc) is 2.65. The Balaban J connectivity index is 2.61. The Morgan fingerprint density at radius 2 is 1.46 bits per heavy atom. The van der Waals surface area contributed by atoms with Crippen molar-refractivity contribution in [2.45, 2.75) is 31.3 Å². The largest absolute Gasteiger partial charge is 0.550 e. The summed E-state index contributed by atoms with van der Waals surface area (Å²) in [5.74, 6) is -3.05. The summed E-state index contributed by atoms with van der Waals surface area (Å²) in [5, 5.41) is 23.7. The minimum atomic E-state index is -1.51. The first kappa shape index (κ1) is 20.1. The highest BCUT2D eigenvalue weighted by atomic mass is 16.4. The van der Waals surface area contributed by atoms with Crippen molar-refractivity contribution in [2.75, 3.05) is 20.6 Å². The van der Waals surface area contributed by atoms with Gasteiger partial charge in [0, 0.05) is 30.3 Å². The van der Waals surface area contributed by atoms with E-state index in [1.165, 1.54) is 0 Å². The van der Waals surface area contributed by atoms with Crippen LogP contribution in [0.25, 0.3) is 0 Å². The number of carboxylic acid groups (broad SMARTS) is 1. The Labute approximate surface area is 156 Å². The van der Waals surface area contributed by atoms with Gasteiger partial charge in [-0.05, 0) is 25.2 Å². The Morgan fingerprint density at radius 1 is 1.00 bits per heavy atom. The van der Waals surface area contributed by atoms with Gasteiger partial charge in [0.2, 0.25) is 0 Å². The van der Waals surface area contributed by atoms with Crippen LogP contribution in [0.4, 0.5) is 0 Å². The number of carboxylic acids is 1. The number of aliphatic carboxylic acids is 1. The van der Waals surface area contributed by atoms with Gasteiger partial charge in [-0.2, -0.15) is 0 Å². The molecule has 0 bridgehead atoms. The Bertz CT molecular complexity index is 702. The highest BCUT2D eigenvalue weighted by Crippen LogP contribution is 2.44. The topological polar surface area (TPSA) is 63.6 Å². The van der Waals surface area contributed by atoms with E-state index < -0.39 is 17.5 Å². The smallest absolute Gasteiger partial charge is 0.0870 e. The van der Waals surface area contributed by atoms with Gasteiger partial charge in [-0.3, -0.25) is 0 Å². The fourth-order valence-corrected chi connectivity index (χ4v) is 3.75. The lowest BCUT2D eigenvalue weighted by Crippen LogP contribution is -2.55. The van der Waals surface area contributed by atoms with Gasteiger partial charge in [-0.15, -0.1) is 0 Å². The van der Waals surface area contributed by atoms with E-state index >= 15 is 0 Å². The molecule has 4 atom stereocenters. The van der Waals surface area contributed by atoms with E-state index in [1.54, 1.807) is 6.92 Å². The number of aliphatic hydroxyl groups is 1. The second kappa shape index (κ2) is 8.47. The quantitative estimate of drug-likeness (QED) is 0.790. The van der Waals surface area contributed by atoms with Gasteiger partial charge in [-0.25, -0.2) is 0 Å². The third-order valence-electron chi connectivity index (χ3n) is 5.35. The first-order valence-corrected chi connectivity index (χ1v) is 8.96. The minimum absolute atomic E-state index is 0.387. The molecule has 0 aliphatic carbocycles. The highest BCUT2D eigenvalue weighted by molar-refractivity contribution is 5.69. The van der Waals surface area contributed by atoms with Crippen LogP contribution in [0.2, 0.25) is 0 Å². The standard InChI is InChI=1S/C22H29NO3/c1-16(18-11-7-5-8-12-18)22(26,17(2)21(24)25)20(15-23(3)4)19-13-9-6-10-14-19/h5-14,16-17,20,26H,15H2,1-4H3,(H,24,25)/p-1. The van der Waals surface area contributed by atoms with Gasteiger partial charge in [0.05, 0.1) is 5.60 Å². The molecule has 4 unspecified atom stereocenters. The fourth-order valence-electron chi connectivity index (χ4n) is 3.75. The maximum absolute atomic E-state index is 11.9. The second-order valence-corrected chi connectivity index (χ2v) is 7.29. The summed E-state index contributed by atoms with van der Waals surface area (Å²) in [7, 11) is 3.85. The molecule has 0 spiro atoms. The Kier molecular flexibility index (Phi) is 6.57. The van der Waals surface area contributed by atoms with Gasteiger partial charge >= 0.3 is 0 Å². The van der Waals surface area contributed by atoms with Crippen molar-refractivity contribution < 1.29 is 15.0 Å². The summed E-state index contributed by atoms with van der Waals surface area (Å²) in [4.78, 5) is 13.8. The molecule has 26 heavy (non-hydrogen) atoms. The number of rotatable bonds is 8. The van der Waals surface area contributed by atoms with Gasteiger partial charge in [-0.1, -0.05) is 74.5 Å². The van der Waals surface area contributed by atoms with E-state index in [2.05, 4.69) is 0 Å². The third-order valence-corrected chi connectivity index (χ3v) is 5.35. The molecule has 2 aromatic carbocycles. The van der Waals surface area contributed by atoms with E-state index in [-0.39, 0.29) is 11.8 Å². The van der Waals surface area contributed by atoms with Crippen LogP contribution in [0.5, 0.6) is 0 Å². The van der Waals surface area contributed by atoms with Crippen LogP contribution in [-0.2, 0) is 4.79 Å². The SMILES string of the molecule is CC(C(=O)[O-])C(O)(C(C)c1ccccc1)C(CN(C)C)c1ccccc1. The molecule has 0 heterocycles. The van der Waals surface area contributed by atoms with Crippen molar-refractivity contribution in [1.82, 2.24) is 4.90 Å². The number of carbonyl (C=O) groups is 1. The van der Waals surface area contributed by atoms with Crippen molar-refractivity contribution in [1.29, 1.82) is 0 Å². The molecular formula is C22H28NO3-. The average molecular weight is 354 g/mol. The molecule has 0 aromatic heterocycles. The summed E-state index contributed by atoms with van der Waals surface area (Å²) in [5.41, 5.74) is 0.314. The van der Waals surface area contributed by atoms with Crippen molar-refractivity contribution in [3.8, 4) is 0 Å². The Hall–Kier alpha value is -2.17. The van der Waals surface area contributed by atoms with E-state index in [0.717, 1.165) is 11.1 Å². The molecule has 0 saturated heterocycles. The molecule has 2 aromatic rings. The molecular weight excluding hydrogens is 326 g/mol. The normalized spacial score (nSPS) is 17.3. The predicted molar refractivity (Wildman–Crippen MR) is 102 cm³/mol. The summed E-state index contributed by atoms with van der Waals surface area (Å²) in [6.45, 7) is 3.95. The maximum Gasteiger partial charge on any atom is 0.0870 e. The van der Waals surface area contributed by atoms with Crippen LogP contribution in [0.15, 0.2) is 60.7 Å². The summed E-state index contributed by atoms with van der Waals surface area (Å²) >= 11 is 0. The zero-order chi connectivity index (χ0) is 19.3. The molecule has 140 valence electrons. The second-order valence-electron chi connectivity index (χ2n) is 7.29. The molecule has 4 heteroatoms. The number of nitrogens with zero attached hydrogens (tertiary/aromatic N) is 1. The lowest BCUT2D eigenvalue weighted by atomic mass is 9.65. The number of benzene rings is 2. The van der Waals surface area contributed by atoms with E-state index in [4.69, 9.17) is 0 Å². The lowest BCUT2D eigenvalue weighted by molar-refractivity contribution is -0.317. The molecule has 0 fully saturated rings. The van der Waals surface area contributed by atoms with Crippen molar-refractivity contribution in [3.63, 3.8) is 0 Å². The van der Waals surface area contributed by atoms with E-state index in [0.29, 0.717) is 6.54 Å². The van der Waals surface area contributed by atoms with Crippen molar-refractivity contribution in [3.05, 3.63) is 71.8 Å². The van der Waals surface area contributed by atoms with Gasteiger partial charge in [0.1, 0.15) is 0 Å². The van der Waals surface area contributed by atoms with Crippen LogP contribution in [0.1, 0.15) is 36.8 Å². The Morgan fingerprint density at radius 3 is 1.88 bits per heavy atom. The van der Waals surface area contributed by atoms with Gasteiger partial charge < -0.3 is 19.9 Å². The van der Waals surface area contributed by atoms with Gasteiger partial charge in [0.15, 0.2) is 0 Å². The van der Waals surface area contributed by atoms with Crippen LogP contribution in [0, 0.1) is 5.92 Å². The predicted octanol–water partition coefficient (Wildman–Crippen LogP) is 2.25. The van der Waals surface area contributed by atoms with Crippen LogP contribution < -0.4 is 5.11 Å². The van der Waals surface area contributed by atoms with E-state index in [9.17, 15) is 15.0 Å². The third kappa shape index (κ3) is 4.14. The zero-order valence-electron chi connectivity index (χ0n) is 15.9. The van der Waals surface area contributed by atoms with Crippen LogP contribution in [0.3, 0.4) is 0 Å². The number of likely N-dealkylation sites (N-methyl/N-ethyl adjacent to an activating group) is 1. The first-order chi connectivity index (χ1) is 12.3. The number of hydrogen-bond donors (Lipinski definition) is 1. The molecule has 0 amide bonds. The summed E-state index contributed by atoms with van der Waals surface area (Å²) in [6.07, 6.45) is 0. The first-order valence-electron chi connectivity index (χ1n) is 8.96. The molecule has 0 aliphatic heterocycles. The van der Waals surface area contributed by atoms with Crippen LogP contribution >= 0.6 is 0 Å². The zero-order valence-corrected chi connectivity index (χ0v) is 15.9. The molecule has 2 rings (SSSR count). The van der Waals surface area contributed by atoms with Crippen molar-refractivity contribution >= 4 is 5.97 Å². The van der Waals surface area contributed by atoms with Crippen molar-refractivity contribution in [2.24, 2.45) is 5.92 Å². The molecule has 0 aliphatic rings. The monoisotopic (exact) mass is 354 g/mol. The molecule has 0 radical (unpaired) electrons. The molecule has 4 nitrogen and oxygen atoms in total. The van der Waals surface area contributed by atoms with E-state index in [1.807, 2.05) is 86.6 Å². The number of carbonyl (C=O) groups excluding carboxylic acids is 1. The summed E-state index contributed by atoms with van der Waals surface area (Å²) < 4.78 is 0. The fraction of sp³-hybridized carbons (Fsp3) is 0.409. The van der Waals surface area contributed by atoms with Crippen LogP contribution in [-0.4, -0.2) is 42.2 Å². The summed E-state index contributed by atoms with van der Waals surface area (Å²) in [6, 6.07) is 19.2.